The summed E-state index contributed by atoms with van der Waals surface area (Å²) in [5.41, 5.74) is 6.34. The maximum absolute atomic E-state index is 10.9. The maximum Gasteiger partial charge on any atom is 0.311 e. The highest BCUT2D eigenvalue weighted by molar-refractivity contribution is 5.49. The summed E-state index contributed by atoms with van der Waals surface area (Å²) in [5, 5.41) is 21.0. The molecule has 0 bridgehead atoms. The number of methoxy groups -OCH3 is 1. The molecule has 1 aromatic carbocycles. The van der Waals surface area contributed by atoms with Crippen LogP contribution in [0.5, 0.6) is 5.75 Å². The number of hydrogen-bond acceptors (Lipinski definition) is 5. The number of nitro benzene ring substituents is 1. The van der Waals surface area contributed by atoms with E-state index in [-0.39, 0.29) is 17.4 Å². The fourth-order valence-electron chi connectivity index (χ4n) is 1.85. The summed E-state index contributed by atoms with van der Waals surface area (Å²) < 4.78 is 4.93. The number of ether oxygens (including phenoxy) is 1. The van der Waals surface area contributed by atoms with E-state index in [1.165, 1.54) is 19.2 Å². The van der Waals surface area contributed by atoms with Gasteiger partial charge in [0.1, 0.15) is 0 Å². The summed E-state index contributed by atoms with van der Waals surface area (Å²) in [7, 11) is 1.37. The molecule has 0 fully saturated rings. The first kappa shape index (κ1) is 15.4. The lowest BCUT2D eigenvalue weighted by atomic mass is 9.91. The van der Waals surface area contributed by atoms with Gasteiger partial charge in [-0.3, -0.25) is 10.1 Å². The highest BCUT2D eigenvalue weighted by atomic mass is 16.6. The molecule has 1 unspecified atom stereocenters. The van der Waals surface area contributed by atoms with Gasteiger partial charge in [0, 0.05) is 6.07 Å². The minimum atomic E-state index is -0.738. The van der Waals surface area contributed by atoms with Crippen LogP contribution in [0.2, 0.25) is 0 Å². The van der Waals surface area contributed by atoms with Gasteiger partial charge in [-0.25, -0.2) is 0 Å². The second kappa shape index (κ2) is 6.49. The van der Waals surface area contributed by atoms with E-state index in [1.807, 2.05) is 13.8 Å². The number of rotatable bonds is 6. The van der Waals surface area contributed by atoms with Gasteiger partial charge in [-0.1, -0.05) is 26.3 Å². The van der Waals surface area contributed by atoms with Gasteiger partial charge in [0.2, 0.25) is 0 Å². The van der Waals surface area contributed by atoms with Crippen LogP contribution in [0.15, 0.2) is 18.2 Å². The molecule has 6 nitrogen and oxygen atoms in total. The van der Waals surface area contributed by atoms with Gasteiger partial charge >= 0.3 is 5.69 Å². The van der Waals surface area contributed by atoms with Gasteiger partial charge in [-0.15, -0.1) is 0 Å². The number of aliphatic hydroxyl groups excluding tert-OH is 1. The van der Waals surface area contributed by atoms with E-state index < -0.39 is 17.1 Å². The zero-order valence-electron chi connectivity index (χ0n) is 11.4. The van der Waals surface area contributed by atoms with Gasteiger partial charge in [0.25, 0.3) is 0 Å². The van der Waals surface area contributed by atoms with Crippen molar-refractivity contribution in [3.8, 4) is 5.75 Å². The van der Waals surface area contributed by atoms with Crippen molar-refractivity contribution < 1.29 is 14.8 Å². The van der Waals surface area contributed by atoms with Gasteiger partial charge < -0.3 is 15.6 Å². The summed E-state index contributed by atoms with van der Waals surface area (Å²) in [6.07, 6.45) is 0.0469. The Balaban J connectivity index is 3.08. The average Bonchev–Trinajstić information content (AvgIpc) is 2.43. The van der Waals surface area contributed by atoms with Crippen LogP contribution >= 0.6 is 0 Å². The van der Waals surface area contributed by atoms with E-state index in [0.29, 0.717) is 5.56 Å². The van der Waals surface area contributed by atoms with Crippen LogP contribution in [0.1, 0.15) is 31.9 Å². The number of hydrogen-bond donors (Lipinski definition) is 2. The SMILES string of the molecule is CCC(C)[C@@H](O)[C@@H](N)c1ccc(OC)c([N+](=O)[O-])c1. The smallest absolute Gasteiger partial charge is 0.311 e. The van der Waals surface area contributed by atoms with Gasteiger partial charge in [0.05, 0.1) is 24.2 Å². The highest BCUT2D eigenvalue weighted by Gasteiger charge is 2.24. The minimum Gasteiger partial charge on any atom is -0.490 e. The molecule has 0 aliphatic heterocycles. The fraction of sp³-hybridized carbons (Fsp3) is 0.538. The topological polar surface area (TPSA) is 98.6 Å². The van der Waals surface area contributed by atoms with Crippen LogP contribution in [0, 0.1) is 16.0 Å². The molecule has 6 heteroatoms. The molecule has 1 rings (SSSR count). The third kappa shape index (κ3) is 3.42. The van der Waals surface area contributed by atoms with Crippen LogP contribution < -0.4 is 10.5 Å². The van der Waals surface area contributed by atoms with Crippen LogP contribution in [0.25, 0.3) is 0 Å². The van der Waals surface area contributed by atoms with Crippen molar-refractivity contribution in [3.63, 3.8) is 0 Å². The first-order chi connectivity index (χ1) is 8.92. The molecular weight excluding hydrogens is 248 g/mol. The van der Waals surface area contributed by atoms with Crippen molar-refractivity contribution in [2.24, 2.45) is 11.7 Å². The third-order valence-corrected chi connectivity index (χ3v) is 3.38. The van der Waals surface area contributed by atoms with Crippen molar-refractivity contribution in [2.45, 2.75) is 32.4 Å². The first-order valence-corrected chi connectivity index (χ1v) is 6.18. The predicted octanol–water partition coefficient (Wildman–Crippen LogP) is 2.01. The van der Waals surface area contributed by atoms with Crippen LogP contribution in [0.4, 0.5) is 5.69 Å². The summed E-state index contributed by atoms with van der Waals surface area (Å²) in [4.78, 5) is 10.4. The lowest BCUT2D eigenvalue weighted by molar-refractivity contribution is -0.385. The highest BCUT2D eigenvalue weighted by Crippen LogP contribution is 2.31. The zero-order valence-corrected chi connectivity index (χ0v) is 11.4. The fourth-order valence-corrected chi connectivity index (χ4v) is 1.85. The number of nitrogens with zero attached hydrogens (tertiary/aromatic N) is 1. The molecule has 106 valence electrons. The Labute approximate surface area is 112 Å². The molecule has 0 aliphatic carbocycles. The first-order valence-electron chi connectivity index (χ1n) is 6.18. The van der Waals surface area contributed by atoms with Crippen LogP contribution in [-0.4, -0.2) is 23.2 Å². The minimum absolute atomic E-state index is 0.0242. The predicted molar refractivity (Wildman–Crippen MR) is 72.0 cm³/mol. The number of nitro groups is 1. The van der Waals surface area contributed by atoms with Gasteiger partial charge in [0.15, 0.2) is 5.75 Å². The number of aliphatic hydroxyl groups is 1. The van der Waals surface area contributed by atoms with Crippen molar-refractivity contribution >= 4 is 5.69 Å². The van der Waals surface area contributed by atoms with Gasteiger partial charge in [-0.05, 0) is 17.5 Å². The summed E-state index contributed by atoms with van der Waals surface area (Å²) in [6.45, 7) is 3.85. The largest absolute Gasteiger partial charge is 0.490 e. The van der Waals surface area contributed by atoms with Gasteiger partial charge in [-0.2, -0.15) is 0 Å². The molecule has 3 atom stereocenters. The second-order valence-corrected chi connectivity index (χ2v) is 4.59. The van der Waals surface area contributed by atoms with E-state index in [1.54, 1.807) is 6.07 Å². The zero-order chi connectivity index (χ0) is 14.6. The molecule has 0 heterocycles. The third-order valence-electron chi connectivity index (χ3n) is 3.38. The molecule has 19 heavy (non-hydrogen) atoms. The average molecular weight is 268 g/mol. The molecule has 1 aromatic rings. The number of nitrogens with two attached hydrogens (primary N) is 1. The number of benzene rings is 1. The molecule has 0 aliphatic rings. The summed E-state index contributed by atoms with van der Waals surface area (Å²) in [5.74, 6) is 0.204. The second-order valence-electron chi connectivity index (χ2n) is 4.59. The molecule has 0 saturated carbocycles. The normalized spacial score (nSPS) is 15.6. The monoisotopic (exact) mass is 268 g/mol. The van der Waals surface area contributed by atoms with Crippen molar-refractivity contribution in [3.05, 3.63) is 33.9 Å². The molecule has 0 amide bonds. The quantitative estimate of drug-likeness (QED) is 0.607. The van der Waals surface area contributed by atoms with E-state index >= 15 is 0 Å². The Morgan fingerprint density at radius 1 is 1.53 bits per heavy atom. The lowest BCUT2D eigenvalue weighted by Gasteiger charge is -2.24. The molecule has 0 radical (unpaired) electrons. The lowest BCUT2D eigenvalue weighted by Crippen LogP contribution is -2.31. The Morgan fingerprint density at radius 2 is 2.16 bits per heavy atom. The molecule has 0 aromatic heterocycles. The van der Waals surface area contributed by atoms with Crippen LogP contribution in [0.3, 0.4) is 0 Å². The Bertz CT molecular complexity index is 450. The van der Waals surface area contributed by atoms with Crippen LogP contribution in [-0.2, 0) is 0 Å². The summed E-state index contributed by atoms with van der Waals surface area (Å²) in [6, 6.07) is 3.84. The Hall–Kier alpha value is -1.66. The Morgan fingerprint density at radius 3 is 2.63 bits per heavy atom. The standard InChI is InChI=1S/C13H20N2O4/c1-4-8(2)13(16)12(14)9-5-6-11(19-3)10(7-9)15(17)18/h5-8,12-13,16H,4,14H2,1-3H3/t8?,12-,13+/m0/s1. The molecule has 0 spiro atoms. The van der Waals surface area contributed by atoms with E-state index in [4.69, 9.17) is 10.5 Å². The molecule has 3 N–H and O–H groups in total. The molecule has 0 saturated heterocycles. The Kier molecular flexibility index (Phi) is 5.26. The molecular formula is C13H20N2O4. The van der Waals surface area contributed by atoms with Crippen molar-refractivity contribution in [1.82, 2.24) is 0 Å². The summed E-state index contributed by atoms with van der Waals surface area (Å²) >= 11 is 0. The van der Waals surface area contributed by atoms with Crippen molar-refractivity contribution in [1.29, 1.82) is 0 Å². The van der Waals surface area contributed by atoms with E-state index in [9.17, 15) is 15.2 Å². The van der Waals surface area contributed by atoms with E-state index in [2.05, 4.69) is 0 Å². The maximum atomic E-state index is 10.9. The van der Waals surface area contributed by atoms with Crippen molar-refractivity contribution in [2.75, 3.05) is 7.11 Å². The van der Waals surface area contributed by atoms with E-state index in [0.717, 1.165) is 6.42 Å².